The van der Waals surface area contributed by atoms with Gasteiger partial charge in [-0.05, 0) is 262 Å². The standard InChI is InChI=1S/C26H32O2Si2.C24H34O3Si3.C10H21O2PSi2.C10H18OSi.C10H16/c1-29(2,26-16-19-13-14-22(26)15-19)28-30(3,4)27-18-25-23-11-7-5-9-20(23)17-21-10-6-8-12-24(21)25;1-25-30(24-19-20-16-17-21(24)18-20,26-28(2,3)22-12-8-6-9-13-22)27-29(4,5)23-14-10-7-11-15-23;1-11-15(3,12-14(2)13)10-7-8-4-5-9(10)6-8;1-11-12(2,3)10-7-8-4-5-9(10)6-8;1-2-3-9-6-8-4-5-10(9)7-8/h5-14,17,19,22,26H,15-16,18H2,1-4H3;6-17,20-21,24H,18-19H2,1-5H3;4-5,8-10,14H,6-7,13H2,1-3H3;4-5,8-10H,6-7H2,1-3H3;4-5,8-10H,2-3,6-7H2,1H3. The molecule has 5 fully saturated rings. The van der Waals surface area contributed by atoms with E-state index in [9.17, 15) is 0 Å². The maximum absolute atomic E-state index is 7.19. The summed E-state index contributed by atoms with van der Waals surface area (Å²) in [6, 6.07) is 40.9. The van der Waals surface area contributed by atoms with E-state index in [0.717, 1.165) is 70.8 Å². The molecule has 10 aliphatic carbocycles. The highest BCUT2D eigenvalue weighted by atomic mass is 31.3. The minimum Gasteiger partial charge on any atom is -0.436 e. The Hall–Kier alpha value is -2.83. The largest absolute Gasteiger partial charge is 0.484 e. The second-order valence-corrected chi connectivity index (χ2v) is 64.9. The Kier molecular flexibility index (Phi) is 24.6. The SMILES string of the molecule is CCCC1CC2C=CC1C2.CO[Si](C)(C)C1CC2C=CC1C2.CO[Si](C)(O[SiH](C)P)C1CC2C=CC1C2.CO[Si](O[Si](C)(C)c1ccccc1)(O[Si](C)(C)c1ccccc1)C1CC2C=CC1C2.C[Si](C)(OCc1c2ccccc2cc2ccccc12)O[Si](C)(C)C1CC2C=CC1C2. The maximum atomic E-state index is 7.19. The van der Waals surface area contributed by atoms with Crippen molar-refractivity contribution in [3.05, 3.63) is 182 Å². The molecule has 10 bridgehead atoms. The van der Waals surface area contributed by atoms with E-state index in [1.807, 2.05) is 21.3 Å². The van der Waals surface area contributed by atoms with Gasteiger partial charge in [-0.15, -0.1) is 8.79 Å². The van der Waals surface area contributed by atoms with Crippen LogP contribution in [0, 0.1) is 65.1 Å². The fourth-order valence-electron chi connectivity index (χ4n) is 19.3. The summed E-state index contributed by atoms with van der Waals surface area (Å²) in [5.41, 5.74) is 3.95. The molecule has 526 valence electrons. The van der Waals surface area contributed by atoms with Crippen LogP contribution >= 0.6 is 8.79 Å². The van der Waals surface area contributed by atoms with Crippen LogP contribution in [0.25, 0.3) is 21.5 Å². The van der Waals surface area contributed by atoms with E-state index in [1.54, 1.807) is 0 Å². The zero-order chi connectivity index (χ0) is 69.1. The third kappa shape index (κ3) is 17.7. The predicted molar refractivity (Wildman–Crippen MR) is 431 cm³/mol. The smallest absolute Gasteiger partial charge is 0.436 e. The van der Waals surface area contributed by atoms with Gasteiger partial charge in [0.2, 0.25) is 16.6 Å². The van der Waals surface area contributed by atoms with E-state index in [0.29, 0.717) is 29.5 Å². The van der Waals surface area contributed by atoms with E-state index < -0.39 is 67.9 Å². The van der Waals surface area contributed by atoms with Crippen LogP contribution in [0.2, 0.25) is 101 Å². The summed E-state index contributed by atoms with van der Waals surface area (Å²) in [6.45, 7) is 30.5. The molecule has 17 heteroatoms. The number of benzene rings is 5. The first-order chi connectivity index (χ1) is 46.2. The van der Waals surface area contributed by atoms with Crippen LogP contribution in [0.5, 0.6) is 0 Å². The van der Waals surface area contributed by atoms with Gasteiger partial charge >= 0.3 is 25.9 Å². The minimum absolute atomic E-state index is 0.350. The lowest BCUT2D eigenvalue weighted by atomic mass is 9.90. The van der Waals surface area contributed by atoms with Gasteiger partial charge in [0, 0.05) is 32.4 Å². The third-order valence-electron chi connectivity index (χ3n) is 24.4. The van der Waals surface area contributed by atoms with E-state index in [1.165, 1.54) is 108 Å². The van der Waals surface area contributed by atoms with Gasteiger partial charge in [0.1, 0.15) is 0 Å². The van der Waals surface area contributed by atoms with E-state index in [-0.39, 0.29) is 0 Å². The average molecular weight is 1470 g/mol. The zero-order valence-electron chi connectivity index (χ0n) is 62.0. The first kappa shape index (κ1) is 75.3. The van der Waals surface area contributed by atoms with Gasteiger partial charge in [0.15, 0.2) is 25.3 Å². The minimum atomic E-state index is -2.95. The molecule has 15 rings (SSSR count). The van der Waals surface area contributed by atoms with E-state index >= 15 is 0 Å². The van der Waals surface area contributed by atoms with Gasteiger partial charge in [0.05, 0.1) is 6.61 Å². The van der Waals surface area contributed by atoms with Crippen molar-refractivity contribution in [2.75, 3.05) is 21.3 Å². The fraction of sp³-hybridized carbons (Fsp3) is 0.550. The van der Waals surface area contributed by atoms with Crippen LogP contribution in [0.15, 0.2) is 176 Å². The normalized spacial score (nSPS) is 30.1. The summed E-state index contributed by atoms with van der Waals surface area (Å²) in [4.78, 5) is 0. The van der Waals surface area contributed by atoms with Crippen LogP contribution in [-0.2, 0) is 40.8 Å². The van der Waals surface area contributed by atoms with Crippen LogP contribution in [0.3, 0.4) is 0 Å². The molecule has 5 saturated carbocycles. The van der Waals surface area contributed by atoms with Crippen molar-refractivity contribution >= 4 is 109 Å². The molecule has 97 heavy (non-hydrogen) atoms. The molecule has 0 heterocycles. The van der Waals surface area contributed by atoms with Crippen molar-refractivity contribution in [1.29, 1.82) is 0 Å². The van der Waals surface area contributed by atoms with Gasteiger partial charge in [-0.3, -0.25) is 0 Å². The highest BCUT2D eigenvalue weighted by molar-refractivity contribution is 7.60. The third-order valence-corrected chi connectivity index (χ3v) is 54.6. The first-order valence-electron chi connectivity index (χ1n) is 37.4. The molecule has 0 aliphatic heterocycles. The molecule has 0 saturated heterocycles. The molecule has 0 spiro atoms. The lowest BCUT2D eigenvalue weighted by Crippen LogP contribution is -2.65. The zero-order valence-corrected chi connectivity index (χ0v) is 71.3. The highest BCUT2D eigenvalue weighted by Gasteiger charge is 2.61. The van der Waals surface area contributed by atoms with Gasteiger partial charge in [0.25, 0.3) is 0 Å². The van der Waals surface area contributed by atoms with Crippen molar-refractivity contribution in [1.82, 2.24) is 0 Å². The van der Waals surface area contributed by atoms with Gasteiger partial charge in [-0.1, -0.05) is 190 Å². The molecule has 0 radical (unpaired) electrons. The van der Waals surface area contributed by atoms with Crippen molar-refractivity contribution in [2.24, 2.45) is 65.1 Å². The van der Waals surface area contributed by atoms with Crippen LogP contribution in [-0.4, -0.2) is 89.2 Å². The quantitative estimate of drug-likeness (QED) is 0.0294. The molecule has 10 aliphatic rings. The summed E-state index contributed by atoms with van der Waals surface area (Å²) in [7, 11) is -7.40. The molecule has 5 aromatic carbocycles. The number of hydrogen-bond donors (Lipinski definition) is 0. The number of rotatable bonds is 22. The monoisotopic (exact) mass is 1460 g/mol. The Morgan fingerprint density at radius 3 is 1.20 bits per heavy atom. The van der Waals surface area contributed by atoms with Crippen LogP contribution in [0.4, 0.5) is 0 Å². The summed E-state index contributed by atoms with van der Waals surface area (Å²) < 4.78 is 52.0. The number of fused-ring (bicyclic) bond motifs is 12. The Morgan fingerprint density at radius 1 is 0.423 bits per heavy atom. The van der Waals surface area contributed by atoms with Gasteiger partial charge < -0.3 is 34.2 Å². The second kappa shape index (κ2) is 31.6. The molecule has 0 amide bonds. The number of hydrogen-bond acceptors (Lipinski definition) is 8. The average Bonchev–Trinajstić information content (AvgIpc) is 1.11. The topological polar surface area (TPSA) is 73.8 Å². The van der Waals surface area contributed by atoms with Crippen molar-refractivity contribution in [3.8, 4) is 0 Å². The molecular weight excluding hydrogens is 1340 g/mol. The van der Waals surface area contributed by atoms with Crippen LogP contribution in [0.1, 0.15) is 89.5 Å². The molecular formula is C80H121O8PSi8. The summed E-state index contributed by atoms with van der Waals surface area (Å²) in [5, 5.41) is 7.71. The molecule has 5 aromatic rings. The van der Waals surface area contributed by atoms with Crippen molar-refractivity contribution in [2.45, 2.75) is 191 Å². The summed E-state index contributed by atoms with van der Waals surface area (Å²) in [5.74, 6) is 9.01. The fourth-order valence-corrected chi connectivity index (χ4v) is 51.5. The highest BCUT2D eigenvalue weighted by Crippen LogP contribution is 2.56. The second-order valence-electron chi connectivity index (χ2n) is 33.2. The Balaban J connectivity index is 0.000000131. The molecule has 0 aromatic heterocycles. The van der Waals surface area contributed by atoms with Gasteiger partial charge in [-0.2, -0.15) is 0 Å². The van der Waals surface area contributed by atoms with Gasteiger partial charge in [-0.25, -0.2) is 0 Å². The Labute approximate surface area is 597 Å². The lowest BCUT2D eigenvalue weighted by molar-refractivity contribution is 0.180. The predicted octanol–water partition coefficient (Wildman–Crippen LogP) is 20.4. The molecule has 18 unspecified atom stereocenters. The molecule has 8 nitrogen and oxygen atoms in total. The Bertz CT molecular complexity index is 3470. The number of allylic oxidation sites excluding steroid dienone is 10. The van der Waals surface area contributed by atoms with Crippen molar-refractivity contribution < 1.29 is 34.2 Å². The molecule has 18 atom stereocenters. The summed E-state index contributed by atoms with van der Waals surface area (Å²) >= 11 is 0. The van der Waals surface area contributed by atoms with Crippen LogP contribution < -0.4 is 10.4 Å². The molecule has 0 N–H and O–H groups in total. The Morgan fingerprint density at radius 2 is 0.825 bits per heavy atom. The maximum Gasteiger partial charge on any atom is 0.484 e. The van der Waals surface area contributed by atoms with E-state index in [4.69, 9.17) is 34.2 Å². The first-order valence-corrected chi connectivity index (χ1v) is 60.5. The van der Waals surface area contributed by atoms with Crippen molar-refractivity contribution in [3.63, 3.8) is 0 Å². The summed E-state index contributed by atoms with van der Waals surface area (Å²) in [6.07, 6.45) is 40.4. The van der Waals surface area contributed by atoms with E-state index in [2.05, 4.69) is 270 Å². The lowest BCUT2D eigenvalue weighted by Gasteiger charge is -2.45.